The van der Waals surface area contributed by atoms with Crippen molar-refractivity contribution < 1.29 is 15.0 Å². The zero-order valence-corrected chi connectivity index (χ0v) is 9.47. The zero-order chi connectivity index (χ0) is 12.3. The van der Waals surface area contributed by atoms with E-state index < -0.39 is 12.0 Å². The molecule has 0 saturated heterocycles. The number of hydrogen-bond acceptors (Lipinski definition) is 4. The lowest BCUT2D eigenvalue weighted by Gasteiger charge is -2.28. The monoisotopic (exact) mass is 236 g/mol. The average molecular weight is 236 g/mol. The fourth-order valence-corrected chi connectivity index (χ4v) is 2.09. The minimum absolute atomic E-state index is 0.00488. The maximum Gasteiger partial charge on any atom is 0.274 e. The van der Waals surface area contributed by atoms with Crippen LogP contribution in [0.4, 0.5) is 0 Å². The molecule has 2 rings (SSSR count). The van der Waals surface area contributed by atoms with Crippen molar-refractivity contribution in [3.05, 3.63) is 24.0 Å². The van der Waals surface area contributed by atoms with Crippen LogP contribution >= 0.6 is 0 Å². The first-order valence-corrected chi connectivity index (χ1v) is 5.81. The molecule has 0 aliphatic heterocycles. The van der Waals surface area contributed by atoms with Gasteiger partial charge in [-0.1, -0.05) is 12.8 Å². The first kappa shape index (κ1) is 11.9. The summed E-state index contributed by atoms with van der Waals surface area (Å²) in [4.78, 5) is 15.7. The molecular formula is C12H16N2O3. The third kappa shape index (κ3) is 2.74. The van der Waals surface area contributed by atoms with Crippen LogP contribution in [0.1, 0.15) is 36.2 Å². The number of aliphatic hydroxyl groups is 1. The molecule has 1 aliphatic carbocycles. The number of rotatable bonds is 2. The van der Waals surface area contributed by atoms with E-state index in [1.807, 2.05) is 0 Å². The number of nitrogens with zero attached hydrogens (tertiary/aromatic N) is 1. The van der Waals surface area contributed by atoms with Gasteiger partial charge in [0.25, 0.3) is 5.91 Å². The van der Waals surface area contributed by atoms with Crippen LogP contribution in [0.25, 0.3) is 0 Å². The Bertz CT molecular complexity index is 408. The van der Waals surface area contributed by atoms with Crippen LogP contribution in [-0.4, -0.2) is 33.3 Å². The average Bonchev–Trinajstić information content (AvgIpc) is 2.32. The molecule has 1 heterocycles. The summed E-state index contributed by atoms with van der Waals surface area (Å²) in [5.41, 5.74) is 0.00488. The summed E-state index contributed by atoms with van der Waals surface area (Å²) in [7, 11) is 0. The summed E-state index contributed by atoms with van der Waals surface area (Å²) in [6, 6.07) is 2.73. The van der Waals surface area contributed by atoms with E-state index in [1.54, 1.807) is 6.07 Å². The second-order valence-corrected chi connectivity index (χ2v) is 4.30. The number of aromatic hydroxyl groups is 1. The highest BCUT2D eigenvalue weighted by molar-refractivity contribution is 5.94. The maximum atomic E-state index is 11.8. The van der Waals surface area contributed by atoms with Crippen LogP contribution in [-0.2, 0) is 0 Å². The first-order chi connectivity index (χ1) is 8.18. The third-order valence-corrected chi connectivity index (χ3v) is 3.05. The molecular weight excluding hydrogens is 220 g/mol. The lowest BCUT2D eigenvalue weighted by atomic mass is 9.92. The minimum Gasteiger partial charge on any atom is -0.505 e. The van der Waals surface area contributed by atoms with E-state index in [2.05, 4.69) is 10.3 Å². The Balaban J connectivity index is 2.04. The predicted octanol–water partition coefficient (Wildman–Crippen LogP) is 0.820. The second kappa shape index (κ2) is 5.14. The van der Waals surface area contributed by atoms with Crippen LogP contribution in [0.3, 0.4) is 0 Å². The Morgan fingerprint density at radius 3 is 2.88 bits per heavy atom. The molecule has 1 aromatic heterocycles. The number of carbonyl (C=O) groups is 1. The van der Waals surface area contributed by atoms with E-state index >= 15 is 0 Å². The largest absolute Gasteiger partial charge is 0.505 e. The van der Waals surface area contributed by atoms with Crippen LogP contribution in [0.2, 0.25) is 0 Å². The summed E-state index contributed by atoms with van der Waals surface area (Å²) >= 11 is 0. The quantitative estimate of drug-likeness (QED) is 0.710. The minimum atomic E-state index is -0.501. The molecule has 0 radical (unpaired) electrons. The van der Waals surface area contributed by atoms with E-state index in [-0.39, 0.29) is 17.5 Å². The van der Waals surface area contributed by atoms with Crippen LogP contribution in [0.5, 0.6) is 5.75 Å². The predicted molar refractivity (Wildman–Crippen MR) is 61.6 cm³/mol. The molecule has 1 amide bonds. The Labute approximate surface area is 99.5 Å². The van der Waals surface area contributed by atoms with Crippen molar-refractivity contribution >= 4 is 5.91 Å². The highest BCUT2D eigenvalue weighted by atomic mass is 16.3. The van der Waals surface area contributed by atoms with Gasteiger partial charge in [-0.3, -0.25) is 4.79 Å². The molecule has 0 aromatic carbocycles. The molecule has 1 fully saturated rings. The van der Waals surface area contributed by atoms with Gasteiger partial charge in [0.05, 0.1) is 12.1 Å². The molecule has 5 heteroatoms. The van der Waals surface area contributed by atoms with Crippen LogP contribution in [0, 0.1) is 0 Å². The summed E-state index contributed by atoms with van der Waals surface area (Å²) in [5.74, 6) is -0.579. The van der Waals surface area contributed by atoms with Crippen molar-refractivity contribution in [3.8, 4) is 5.75 Å². The molecule has 0 bridgehead atoms. The van der Waals surface area contributed by atoms with E-state index in [1.165, 1.54) is 12.3 Å². The fourth-order valence-electron chi connectivity index (χ4n) is 2.09. The van der Waals surface area contributed by atoms with Gasteiger partial charge in [-0.2, -0.15) is 0 Å². The maximum absolute atomic E-state index is 11.8. The zero-order valence-electron chi connectivity index (χ0n) is 9.47. The van der Waals surface area contributed by atoms with E-state index in [4.69, 9.17) is 0 Å². The van der Waals surface area contributed by atoms with E-state index in [0.717, 1.165) is 19.3 Å². The molecule has 1 aromatic rings. The van der Waals surface area contributed by atoms with Gasteiger partial charge < -0.3 is 15.5 Å². The van der Waals surface area contributed by atoms with Gasteiger partial charge in [-0.25, -0.2) is 4.98 Å². The number of carbonyl (C=O) groups excluding carboxylic acids is 1. The standard InChI is InChI=1S/C12H16N2O3/c15-9-5-2-1-4-8(9)14-12(17)11-10(16)6-3-7-13-11/h3,6-9,15-16H,1-2,4-5H2,(H,14,17)/t8-,9-/m1/s1. The van der Waals surface area contributed by atoms with Crippen molar-refractivity contribution in [2.24, 2.45) is 0 Å². The van der Waals surface area contributed by atoms with Gasteiger partial charge in [0.15, 0.2) is 5.69 Å². The van der Waals surface area contributed by atoms with Crippen molar-refractivity contribution in [2.75, 3.05) is 0 Å². The van der Waals surface area contributed by atoms with Gasteiger partial charge in [-0.15, -0.1) is 0 Å². The number of pyridine rings is 1. The molecule has 0 unspecified atom stereocenters. The molecule has 2 atom stereocenters. The van der Waals surface area contributed by atoms with Gasteiger partial charge >= 0.3 is 0 Å². The Kier molecular flexibility index (Phi) is 3.58. The Morgan fingerprint density at radius 2 is 2.18 bits per heavy atom. The number of amides is 1. The lowest BCUT2D eigenvalue weighted by molar-refractivity contribution is 0.0711. The van der Waals surface area contributed by atoms with Crippen LogP contribution < -0.4 is 5.32 Å². The van der Waals surface area contributed by atoms with Gasteiger partial charge in [0.1, 0.15) is 5.75 Å². The summed E-state index contributed by atoms with van der Waals surface area (Å²) < 4.78 is 0. The number of nitrogens with one attached hydrogen (secondary N) is 1. The van der Waals surface area contributed by atoms with Crippen LogP contribution in [0.15, 0.2) is 18.3 Å². The summed E-state index contributed by atoms with van der Waals surface area (Å²) in [5, 5.41) is 21.9. The topological polar surface area (TPSA) is 82.5 Å². The number of hydrogen-bond donors (Lipinski definition) is 3. The summed E-state index contributed by atoms with van der Waals surface area (Å²) in [6.45, 7) is 0. The highest BCUT2D eigenvalue weighted by Gasteiger charge is 2.25. The molecule has 1 saturated carbocycles. The van der Waals surface area contributed by atoms with Gasteiger partial charge in [0.2, 0.25) is 0 Å². The Hall–Kier alpha value is -1.62. The van der Waals surface area contributed by atoms with Gasteiger partial charge in [0, 0.05) is 6.20 Å². The fraction of sp³-hybridized carbons (Fsp3) is 0.500. The van der Waals surface area contributed by atoms with Crippen molar-refractivity contribution in [1.82, 2.24) is 10.3 Å². The Morgan fingerprint density at radius 1 is 1.41 bits per heavy atom. The van der Waals surface area contributed by atoms with E-state index in [0.29, 0.717) is 6.42 Å². The van der Waals surface area contributed by atoms with Crippen molar-refractivity contribution in [1.29, 1.82) is 0 Å². The SMILES string of the molecule is O=C(N[C@@H]1CCCC[C@H]1O)c1ncccc1O. The number of aromatic nitrogens is 1. The van der Waals surface area contributed by atoms with E-state index in [9.17, 15) is 15.0 Å². The first-order valence-electron chi connectivity index (χ1n) is 5.81. The molecule has 1 aliphatic rings. The highest BCUT2D eigenvalue weighted by Crippen LogP contribution is 2.19. The van der Waals surface area contributed by atoms with Gasteiger partial charge in [-0.05, 0) is 25.0 Å². The smallest absolute Gasteiger partial charge is 0.274 e. The molecule has 3 N–H and O–H groups in total. The molecule has 92 valence electrons. The molecule has 5 nitrogen and oxygen atoms in total. The van der Waals surface area contributed by atoms with Crippen molar-refractivity contribution in [2.45, 2.75) is 37.8 Å². The lowest BCUT2D eigenvalue weighted by Crippen LogP contribution is -2.45. The number of aliphatic hydroxyl groups excluding tert-OH is 1. The third-order valence-electron chi connectivity index (χ3n) is 3.05. The summed E-state index contributed by atoms with van der Waals surface area (Å²) in [6.07, 6.45) is 4.41. The molecule has 17 heavy (non-hydrogen) atoms. The van der Waals surface area contributed by atoms with Crippen molar-refractivity contribution in [3.63, 3.8) is 0 Å². The second-order valence-electron chi connectivity index (χ2n) is 4.30. The normalized spacial score (nSPS) is 24.3. The molecule has 0 spiro atoms.